The zero-order chi connectivity index (χ0) is 11.7. The minimum absolute atomic E-state index is 0.207. The van der Waals surface area contributed by atoms with Gasteiger partial charge in [0.25, 0.3) is 0 Å². The van der Waals surface area contributed by atoms with Gasteiger partial charge < -0.3 is 5.73 Å². The lowest BCUT2D eigenvalue weighted by atomic mass is 10.1. The van der Waals surface area contributed by atoms with Crippen LogP contribution < -0.4 is 5.73 Å². The minimum atomic E-state index is -0.231. The first-order chi connectivity index (χ1) is 7.59. The van der Waals surface area contributed by atoms with Crippen molar-refractivity contribution in [1.29, 1.82) is 0 Å². The summed E-state index contributed by atoms with van der Waals surface area (Å²) in [7, 11) is 0. The number of nitrogens with two attached hydrogens (primary N) is 1. The quantitative estimate of drug-likeness (QED) is 0.732. The van der Waals surface area contributed by atoms with Gasteiger partial charge in [-0.1, -0.05) is 6.07 Å². The third-order valence-electron chi connectivity index (χ3n) is 2.22. The lowest BCUT2D eigenvalue weighted by molar-refractivity contribution is 0.625. The Kier molecular flexibility index (Phi) is 3.99. The van der Waals surface area contributed by atoms with Crippen LogP contribution in [-0.2, 0) is 0 Å². The molecule has 0 spiro atoms. The molecular formula is C11H8BrFINS. The van der Waals surface area contributed by atoms with E-state index in [1.54, 1.807) is 17.4 Å². The molecule has 1 nitrogen and oxygen atoms in total. The maximum Gasteiger partial charge on any atom is 0.124 e. The number of thiophene rings is 1. The molecule has 1 aromatic carbocycles. The van der Waals surface area contributed by atoms with Crippen LogP contribution in [0.2, 0.25) is 0 Å². The number of hydrogen-bond donors (Lipinski definition) is 1. The van der Waals surface area contributed by atoms with Gasteiger partial charge in [0.05, 0.1) is 6.04 Å². The van der Waals surface area contributed by atoms with Gasteiger partial charge in [-0.3, -0.25) is 0 Å². The Morgan fingerprint density at radius 2 is 2.12 bits per heavy atom. The summed E-state index contributed by atoms with van der Waals surface area (Å²) < 4.78 is 14.8. The number of hydrogen-bond acceptors (Lipinski definition) is 2. The van der Waals surface area contributed by atoms with Gasteiger partial charge in [0.1, 0.15) is 5.82 Å². The monoisotopic (exact) mass is 411 g/mol. The molecule has 0 saturated heterocycles. The summed E-state index contributed by atoms with van der Waals surface area (Å²) in [6.45, 7) is 0. The highest BCUT2D eigenvalue weighted by Gasteiger charge is 2.16. The molecule has 0 aliphatic heterocycles. The van der Waals surface area contributed by atoms with Gasteiger partial charge >= 0.3 is 0 Å². The lowest BCUT2D eigenvalue weighted by Gasteiger charge is -2.13. The Labute approximate surface area is 119 Å². The van der Waals surface area contributed by atoms with Crippen LogP contribution in [0.15, 0.2) is 34.1 Å². The molecule has 0 amide bonds. The summed E-state index contributed by atoms with van der Waals surface area (Å²) in [6, 6.07) is 6.45. The van der Waals surface area contributed by atoms with E-state index in [0.717, 1.165) is 18.5 Å². The molecule has 0 saturated carbocycles. The van der Waals surface area contributed by atoms with Crippen LogP contribution in [0, 0.1) is 9.39 Å². The summed E-state index contributed by atoms with van der Waals surface area (Å²) in [4.78, 5) is 1.06. The Bertz CT molecular complexity index is 514. The molecule has 5 heteroatoms. The number of benzene rings is 1. The van der Waals surface area contributed by atoms with Gasteiger partial charge in [0.2, 0.25) is 0 Å². The summed E-state index contributed by atoms with van der Waals surface area (Å²) in [5.74, 6) is -0.231. The van der Waals surface area contributed by atoms with Crippen LogP contribution in [0.4, 0.5) is 4.39 Å². The average molecular weight is 412 g/mol. The van der Waals surface area contributed by atoms with Gasteiger partial charge in [-0.2, -0.15) is 0 Å². The number of halogens is 3. The molecule has 2 N–H and O–H groups in total. The zero-order valence-electron chi connectivity index (χ0n) is 8.08. The van der Waals surface area contributed by atoms with Crippen molar-refractivity contribution in [2.75, 3.05) is 0 Å². The fourth-order valence-corrected chi connectivity index (χ4v) is 3.87. The standard InChI is InChI=1S/C11H8BrFINS/c12-8-3-4-16-11(8)10(15)7-2-1-6(13)5-9(7)14/h1-5,10H,15H2. The third-order valence-corrected chi connectivity index (χ3v) is 5.11. The fraction of sp³-hybridized carbons (Fsp3) is 0.0909. The van der Waals surface area contributed by atoms with Crippen LogP contribution in [0.5, 0.6) is 0 Å². The van der Waals surface area contributed by atoms with E-state index in [9.17, 15) is 4.39 Å². The van der Waals surface area contributed by atoms with Crippen LogP contribution in [-0.4, -0.2) is 0 Å². The van der Waals surface area contributed by atoms with E-state index < -0.39 is 0 Å². The highest BCUT2D eigenvalue weighted by molar-refractivity contribution is 14.1. The van der Waals surface area contributed by atoms with Crippen molar-refractivity contribution in [3.8, 4) is 0 Å². The molecule has 0 bridgehead atoms. The average Bonchev–Trinajstić information content (AvgIpc) is 2.63. The molecule has 1 aromatic heterocycles. The van der Waals surface area contributed by atoms with Crippen LogP contribution in [0.3, 0.4) is 0 Å². The maximum absolute atomic E-state index is 13.0. The van der Waals surface area contributed by atoms with Gasteiger partial charge in [-0.25, -0.2) is 4.39 Å². The molecule has 0 aliphatic rings. The Balaban J connectivity index is 2.41. The van der Waals surface area contributed by atoms with Gasteiger partial charge in [0.15, 0.2) is 0 Å². The third kappa shape index (κ3) is 2.47. The molecule has 2 rings (SSSR count). The molecule has 1 unspecified atom stereocenters. The molecule has 16 heavy (non-hydrogen) atoms. The largest absolute Gasteiger partial charge is 0.320 e. The molecular weight excluding hydrogens is 404 g/mol. The van der Waals surface area contributed by atoms with Crippen LogP contribution >= 0.6 is 49.9 Å². The maximum atomic E-state index is 13.0. The fourth-order valence-electron chi connectivity index (χ4n) is 1.42. The highest BCUT2D eigenvalue weighted by Crippen LogP contribution is 2.33. The van der Waals surface area contributed by atoms with E-state index in [1.165, 1.54) is 12.1 Å². The van der Waals surface area contributed by atoms with E-state index in [-0.39, 0.29) is 11.9 Å². The van der Waals surface area contributed by atoms with E-state index in [0.29, 0.717) is 0 Å². The van der Waals surface area contributed by atoms with Gasteiger partial charge in [-0.15, -0.1) is 11.3 Å². The second-order valence-electron chi connectivity index (χ2n) is 3.28. The van der Waals surface area contributed by atoms with Crippen molar-refractivity contribution in [3.63, 3.8) is 0 Å². The molecule has 0 aliphatic carbocycles. The van der Waals surface area contributed by atoms with E-state index in [1.807, 2.05) is 11.4 Å². The summed E-state index contributed by atoms with van der Waals surface area (Å²) >= 11 is 7.16. The Morgan fingerprint density at radius 3 is 2.69 bits per heavy atom. The molecule has 1 atom stereocenters. The smallest absolute Gasteiger partial charge is 0.124 e. The van der Waals surface area contributed by atoms with E-state index in [2.05, 4.69) is 38.5 Å². The molecule has 0 radical (unpaired) electrons. The van der Waals surface area contributed by atoms with Crippen LogP contribution in [0.25, 0.3) is 0 Å². The second-order valence-corrected chi connectivity index (χ2v) is 6.24. The van der Waals surface area contributed by atoms with Gasteiger partial charge in [-0.05, 0) is 67.7 Å². The lowest BCUT2D eigenvalue weighted by Crippen LogP contribution is -2.12. The molecule has 0 fully saturated rings. The Morgan fingerprint density at radius 1 is 1.38 bits per heavy atom. The van der Waals surface area contributed by atoms with Crippen molar-refractivity contribution in [2.45, 2.75) is 6.04 Å². The van der Waals surface area contributed by atoms with Crippen molar-refractivity contribution in [1.82, 2.24) is 0 Å². The van der Waals surface area contributed by atoms with Crippen molar-refractivity contribution < 1.29 is 4.39 Å². The minimum Gasteiger partial charge on any atom is -0.320 e. The molecule has 1 heterocycles. The molecule has 2 aromatic rings. The normalized spacial score (nSPS) is 12.8. The predicted molar refractivity (Wildman–Crippen MR) is 77.2 cm³/mol. The number of rotatable bonds is 2. The first kappa shape index (κ1) is 12.5. The first-order valence-corrected chi connectivity index (χ1v) is 7.28. The van der Waals surface area contributed by atoms with E-state index >= 15 is 0 Å². The summed E-state index contributed by atoms with van der Waals surface area (Å²) in [5.41, 5.74) is 7.11. The van der Waals surface area contributed by atoms with Gasteiger partial charge in [0, 0.05) is 12.9 Å². The zero-order valence-corrected chi connectivity index (χ0v) is 12.6. The van der Waals surface area contributed by atoms with Crippen LogP contribution in [0.1, 0.15) is 16.5 Å². The van der Waals surface area contributed by atoms with E-state index in [4.69, 9.17) is 5.73 Å². The van der Waals surface area contributed by atoms with Crippen molar-refractivity contribution in [3.05, 3.63) is 53.9 Å². The summed E-state index contributed by atoms with van der Waals surface area (Å²) in [6.07, 6.45) is 0. The topological polar surface area (TPSA) is 26.0 Å². The summed E-state index contributed by atoms with van der Waals surface area (Å²) in [5, 5.41) is 1.98. The first-order valence-electron chi connectivity index (χ1n) is 4.53. The Hall–Kier alpha value is 0.0200. The van der Waals surface area contributed by atoms with Crippen molar-refractivity contribution in [2.24, 2.45) is 5.73 Å². The highest BCUT2D eigenvalue weighted by atomic mass is 127. The predicted octanol–water partition coefficient (Wildman–Crippen LogP) is 4.30. The van der Waals surface area contributed by atoms with Crippen molar-refractivity contribution >= 4 is 49.9 Å². The second kappa shape index (κ2) is 5.12. The molecule has 84 valence electrons. The SMILES string of the molecule is NC(c1ccc(F)cc1I)c1sccc1Br.